The van der Waals surface area contributed by atoms with Gasteiger partial charge in [-0.15, -0.1) is 0 Å². The average Bonchev–Trinajstić information content (AvgIpc) is 3.72. The number of hydrogen-bond donors (Lipinski definition) is 5. The van der Waals surface area contributed by atoms with E-state index in [-0.39, 0.29) is 36.5 Å². The molecule has 13 heteroatoms. The van der Waals surface area contributed by atoms with Crippen LogP contribution < -0.4 is 10.6 Å². The van der Waals surface area contributed by atoms with E-state index in [2.05, 4.69) is 75.2 Å². The third-order valence-electron chi connectivity index (χ3n) is 7.32. The first-order valence-corrected chi connectivity index (χ1v) is 19.7. The van der Waals surface area contributed by atoms with Gasteiger partial charge in [0.2, 0.25) is 0 Å². The van der Waals surface area contributed by atoms with Crippen molar-refractivity contribution in [2.45, 2.75) is 112 Å². The molecule has 0 radical (unpaired) electrons. The van der Waals surface area contributed by atoms with Crippen molar-refractivity contribution in [1.29, 1.82) is 0 Å². The molecular formula is C40H62N4O8S. The summed E-state index contributed by atoms with van der Waals surface area (Å²) in [6.07, 6.45) is 5.18. The second kappa shape index (κ2) is 20.4. The molecule has 4 aromatic rings. The van der Waals surface area contributed by atoms with Crippen molar-refractivity contribution in [2.24, 2.45) is 11.8 Å². The first-order chi connectivity index (χ1) is 24.6. The number of hydrogen-bond acceptors (Lipinski definition) is 8. The molecule has 1 aliphatic rings. The highest BCUT2D eigenvalue weighted by molar-refractivity contribution is 7.86. The predicted octanol–water partition coefficient (Wildman–Crippen LogP) is 7.86. The lowest BCUT2D eigenvalue weighted by atomic mass is 10.0. The summed E-state index contributed by atoms with van der Waals surface area (Å²) in [4.78, 5) is 29.2. The fourth-order valence-corrected chi connectivity index (χ4v) is 6.48. The Morgan fingerprint density at radius 3 is 1.58 bits per heavy atom. The molecule has 0 saturated carbocycles. The number of aromatic amines is 2. The van der Waals surface area contributed by atoms with E-state index in [9.17, 15) is 18.0 Å². The maximum Gasteiger partial charge on any atom is 0.407 e. The van der Waals surface area contributed by atoms with Gasteiger partial charge in [-0.05, 0) is 103 Å². The smallest absolute Gasteiger partial charge is 0.407 e. The van der Waals surface area contributed by atoms with Crippen molar-refractivity contribution < 1.29 is 36.8 Å². The molecule has 0 unspecified atom stereocenters. The van der Waals surface area contributed by atoms with Gasteiger partial charge in [0.15, 0.2) is 0 Å². The molecular weight excluding hydrogens is 697 g/mol. The second-order valence-corrected chi connectivity index (χ2v) is 17.6. The molecule has 1 fully saturated rings. The number of ether oxygens (including phenoxy) is 2. The molecule has 0 spiro atoms. The predicted molar refractivity (Wildman–Crippen MR) is 212 cm³/mol. The lowest BCUT2D eigenvalue weighted by Gasteiger charge is -2.21. The molecule has 0 bridgehead atoms. The number of aliphatic hydroxyl groups is 1. The Bertz CT molecular complexity index is 1820. The first kappa shape index (κ1) is 45.1. The largest absolute Gasteiger partial charge is 0.444 e. The zero-order valence-corrected chi connectivity index (χ0v) is 34.1. The molecule has 296 valence electrons. The standard InChI is InChI=1S/C16H22N2O2.C12H15N.C8H17NO3.C4H8O3S/c1-11(18-15(19)20-16(2,3)4)9-12-10-17-14-8-6-5-7-13(12)14;1-9(2)7-10-8-13-12-6-4-3-5-11(10)12;1-6(5-10)9-7(11)12-8(2,3)4;1-4-2-7-8(5,6)3-4/h5-8,10-11,17H,9H2,1-4H3,(H,18,19);3-6,8-9,13H,7H2,1-2H3;6,10H,5H2,1-4H3,(H,9,11);4H,2-3H2,1H3/t11-;;6-;4-/m1.11/s1. The number of H-pyrrole nitrogens is 2. The third kappa shape index (κ3) is 18.0. The minimum absolute atomic E-state index is 0.0176. The maximum absolute atomic E-state index is 11.7. The third-order valence-corrected chi connectivity index (χ3v) is 8.80. The number of carbonyl (C=O) groups excluding carboxylic acids is 2. The highest BCUT2D eigenvalue weighted by Gasteiger charge is 2.25. The number of nitrogens with one attached hydrogen (secondary N) is 4. The average molecular weight is 759 g/mol. The van der Waals surface area contributed by atoms with Crippen molar-refractivity contribution in [3.8, 4) is 0 Å². The molecule has 2 amide bonds. The second-order valence-electron chi connectivity index (χ2n) is 15.9. The van der Waals surface area contributed by atoms with Crippen LogP contribution in [0.15, 0.2) is 60.9 Å². The van der Waals surface area contributed by atoms with Gasteiger partial charge in [0.1, 0.15) is 11.2 Å². The Morgan fingerprint density at radius 2 is 1.23 bits per heavy atom. The zero-order valence-electron chi connectivity index (χ0n) is 33.3. The van der Waals surface area contributed by atoms with Gasteiger partial charge in [-0.2, -0.15) is 8.42 Å². The van der Waals surface area contributed by atoms with Crippen molar-refractivity contribution in [2.75, 3.05) is 19.0 Å². The van der Waals surface area contributed by atoms with E-state index in [1.54, 1.807) is 27.7 Å². The van der Waals surface area contributed by atoms with E-state index in [1.807, 2.05) is 59.0 Å². The molecule has 1 saturated heterocycles. The van der Waals surface area contributed by atoms with E-state index >= 15 is 0 Å². The van der Waals surface area contributed by atoms with Gasteiger partial charge in [-0.1, -0.05) is 57.2 Å². The van der Waals surface area contributed by atoms with Crippen molar-refractivity contribution in [1.82, 2.24) is 20.6 Å². The summed E-state index contributed by atoms with van der Waals surface area (Å²) in [5.74, 6) is 1.09. The summed E-state index contributed by atoms with van der Waals surface area (Å²) in [7, 11) is -3.10. The van der Waals surface area contributed by atoms with Crippen LogP contribution in [0, 0.1) is 11.8 Å². The molecule has 53 heavy (non-hydrogen) atoms. The number of rotatable bonds is 7. The Labute approximate surface area is 315 Å². The SMILES string of the molecule is CC(C)Cc1c[nH]c2ccccc12.C[C@@H]1COS(=O)(=O)C1.C[C@H](CO)NC(=O)OC(C)(C)C.C[C@H](Cc1c[nH]c2ccccc12)NC(=O)OC(C)(C)C. The molecule has 5 N–H and O–H groups in total. The maximum atomic E-state index is 11.7. The minimum Gasteiger partial charge on any atom is -0.444 e. The number of aliphatic hydroxyl groups excluding tert-OH is 1. The van der Waals surface area contributed by atoms with Crippen molar-refractivity contribution >= 4 is 44.1 Å². The van der Waals surface area contributed by atoms with E-state index in [1.165, 1.54) is 27.4 Å². The fraction of sp³-hybridized carbons (Fsp3) is 0.550. The molecule has 3 atom stereocenters. The fourth-order valence-electron chi connectivity index (χ4n) is 5.15. The van der Waals surface area contributed by atoms with Crippen LogP contribution in [0.2, 0.25) is 0 Å². The lowest BCUT2D eigenvalue weighted by Crippen LogP contribution is -2.39. The van der Waals surface area contributed by atoms with Crippen LogP contribution in [0.5, 0.6) is 0 Å². The summed E-state index contributed by atoms with van der Waals surface area (Å²) in [6, 6.07) is 16.4. The van der Waals surface area contributed by atoms with Crippen molar-refractivity contribution in [3.05, 3.63) is 72.1 Å². The van der Waals surface area contributed by atoms with Gasteiger partial charge in [-0.25, -0.2) is 9.59 Å². The molecule has 0 aliphatic carbocycles. The summed E-state index contributed by atoms with van der Waals surface area (Å²) in [5.41, 5.74) is 4.05. The molecule has 5 rings (SSSR count). The number of amides is 2. The minimum atomic E-state index is -3.10. The van der Waals surface area contributed by atoms with Crippen LogP contribution in [-0.4, -0.2) is 77.9 Å². The zero-order chi connectivity index (χ0) is 40.0. The molecule has 1 aliphatic heterocycles. The van der Waals surface area contributed by atoms with Crippen LogP contribution in [-0.2, 0) is 36.6 Å². The topological polar surface area (TPSA) is 172 Å². The van der Waals surface area contributed by atoms with E-state index < -0.39 is 27.4 Å². The number of aromatic nitrogens is 2. The van der Waals surface area contributed by atoms with Gasteiger partial charge < -0.3 is 35.2 Å². The van der Waals surface area contributed by atoms with E-state index in [0.717, 1.165) is 24.3 Å². The summed E-state index contributed by atoms with van der Waals surface area (Å²) in [5, 5.41) is 16.5. The molecule has 2 aromatic heterocycles. The number of alkyl carbamates (subject to hydrolysis) is 2. The Morgan fingerprint density at radius 1 is 0.792 bits per heavy atom. The number of benzene rings is 2. The summed E-state index contributed by atoms with van der Waals surface area (Å²) >= 11 is 0. The quantitative estimate of drug-likeness (QED) is 0.119. The van der Waals surface area contributed by atoms with Gasteiger partial charge in [0, 0.05) is 40.2 Å². The van der Waals surface area contributed by atoms with Crippen LogP contribution >= 0.6 is 0 Å². The Kier molecular flexibility index (Phi) is 17.4. The molecule has 12 nitrogen and oxygen atoms in total. The van der Waals surface area contributed by atoms with Crippen LogP contribution in [0.4, 0.5) is 9.59 Å². The number of carbonyl (C=O) groups is 2. The Balaban J connectivity index is 0.000000258. The summed E-state index contributed by atoms with van der Waals surface area (Å²) < 4.78 is 35.5. The normalized spacial score (nSPS) is 16.2. The highest BCUT2D eigenvalue weighted by Crippen LogP contribution is 2.21. The van der Waals surface area contributed by atoms with Crippen LogP contribution in [0.25, 0.3) is 21.8 Å². The highest BCUT2D eigenvalue weighted by atomic mass is 32.2. The van der Waals surface area contributed by atoms with Crippen molar-refractivity contribution in [3.63, 3.8) is 0 Å². The van der Waals surface area contributed by atoms with Crippen LogP contribution in [0.1, 0.15) is 87.3 Å². The summed E-state index contributed by atoms with van der Waals surface area (Å²) in [6.45, 7) is 21.2. The van der Waals surface area contributed by atoms with E-state index in [0.29, 0.717) is 6.61 Å². The van der Waals surface area contributed by atoms with Gasteiger partial charge >= 0.3 is 12.2 Å². The monoisotopic (exact) mass is 758 g/mol. The first-order valence-electron chi connectivity index (χ1n) is 18.1. The van der Waals surface area contributed by atoms with Crippen LogP contribution in [0.3, 0.4) is 0 Å². The Hall–Kier alpha value is -4.07. The van der Waals surface area contributed by atoms with Gasteiger partial charge in [0.05, 0.1) is 25.0 Å². The van der Waals surface area contributed by atoms with E-state index in [4.69, 9.17) is 14.6 Å². The molecule has 2 aromatic carbocycles. The molecule has 3 heterocycles. The number of para-hydroxylation sites is 2. The lowest BCUT2D eigenvalue weighted by molar-refractivity contribution is 0.0484. The van der Waals surface area contributed by atoms with Gasteiger partial charge in [0.25, 0.3) is 10.1 Å². The number of fused-ring (bicyclic) bond motifs is 2. The van der Waals surface area contributed by atoms with Gasteiger partial charge in [-0.3, -0.25) is 4.18 Å².